The number of amidine groups is 1. The summed E-state index contributed by atoms with van der Waals surface area (Å²) in [4.78, 5) is 32.9. The molecule has 2 aliphatic heterocycles. The van der Waals surface area contributed by atoms with Crippen molar-refractivity contribution in [2.24, 2.45) is 4.99 Å². The number of thiophene rings is 1. The molecule has 2 aromatic carbocycles. The number of anilines is 3. The fraction of sp³-hybridized carbons (Fsp3) is 0.0455. The molecule has 8 heteroatoms. The molecule has 0 saturated heterocycles. The number of carbonyl (C=O) groups is 2. The molecule has 3 aromatic rings. The minimum absolute atomic E-state index is 0.0488. The molecule has 0 bridgehead atoms. The van der Waals surface area contributed by atoms with Crippen LogP contribution in [0.2, 0.25) is 0 Å². The maximum absolute atomic E-state index is 12.5. The van der Waals surface area contributed by atoms with Crippen LogP contribution < -0.4 is 9.64 Å². The number of carbonyl (C=O) groups excluding carboxylic acids is 2. The molecular weight excluding hydrogens is 465 g/mol. The van der Waals surface area contributed by atoms with Crippen LogP contribution in [-0.4, -0.2) is 44.5 Å². The van der Waals surface area contributed by atoms with E-state index in [1.807, 2.05) is 60.7 Å². The van der Waals surface area contributed by atoms with Gasteiger partial charge in [0.25, 0.3) is 0 Å². The second kappa shape index (κ2) is 7.25. The summed E-state index contributed by atoms with van der Waals surface area (Å²) < 4.78 is 6.32. The molecule has 5 rings (SSSR count). The summed E-state index contributed by atoms with van der Waals surface area (Å²) in [6.07, 6.45) is 1.60. The zero-order valence-electron chi connectivity index (χ0n) is 15.7. The number of hydrogen-bond donors (Lipinski definition) is 0. The summed E-state index contributed by atoms with van der Waals surface area (Å²) in [7, 11) is 1.58. The summed E-state index contributed by atoms with van der Waals surface area (Å²) in [5.41, 5.74) is 1.91. The van der Waals surface area contributed by atoms with Crippen LogP contribution in [-0.2, 0) is 9.59 Å². The first-order valence-electron chi connectivity index (χ1n) is 9.08. The number of amides is 2. The van der Waals surface area contributed by atoms with Crippen LogP contribution in [0, 0.1) is 0 Å². The first kappa shape index (κ1) is 18.8. The standard InChI is InChI=1S/C22H14N3O3SSe/c1-24-21(27)14(20(26)23-22(24)30)12-13-10-11-19(29-13)25-15-6-2-4-8-17(15)28-18-9-5-3-7-16(18)25/h2-12H,1H3/b14-12+. The molecule has 0 spiro atoms. The first-order chi connectivity index (χ1) is 14.5. The topological polar surface area (TPSA) is 62.2 Å². The summed E-state index contributed by atoms with van der Waals surface area (Å²) in [5, 5.41) is 0.946. The van der Waals surface area contributed by atoms with Crippen LogP contribution >= 0.6 is 11.3 Å². The van der Waals surface area contributed by atoms with E-state index < -0.39 is 5.91 Å². The van der Waals surface area contributed by atoms with Crippen LogP contribution in [0.25, 0.3) is 6.08 Å². The van der Waals surface area contributed by atoms with E-state index in [0.717, 1.165) is 32.8 Å². The minimum atomic E-state index is -0.538. The second-order valence-corrected chi connectivity index (χ2v) is 8.53. The number of fused-ring (bicyclic) bond motifs is 2. The second-order valence-electron chi connectivity index (χ2n) is 6.67. The predicted octanol–water partition coefficient (Wildman–Crippen LogP) is 4.23. The molecule has 0 saturated carbocycles. The van der Waals surface area contributed by atoms with Crippen LogP contribution in [0.3, 0.4) is 0 Å². The molecule has 0 unspecified atom stereocenters. The first-order valence-corrected chi connectivity index (χ1v) is 10.8. The zero-order chi connectivity index (χ0) is 20.8. The van der Waals surface area contributed by atoms with E-state index in [0.29, 0.717) is 0 Å². The fourth-order valence-corrected chi connectivity index (χ4v) is 4.66. The van der Waals surface area contributed by atoms with E-state index in [2.05, 4.69) is 25.9 Å². The van der Waals surface area contributed by atoms with Crippen molar-refractivity contribution in [3.05, 3.63) is 71.1 Å². The quantitative estimate of drug-likeness (QED) is 0.245. The van der Waals surface area contributed by atoms with Crippen LogP contribution in [0.4, 0.5) is 16.4 Å². The van der Waals surface area contributed by atoms with Gasteiger partial charge in [0.15, 0.2) is 0 Å². The molecule has 0 N–H and O–H groups in total. The van der Waals surface area contributed by atoms with Gasteiger partial charge in [-0.25, -0.2) is 0 Å². The van der Waals surface area contributed by atoms with Crippen molar-refractivity contribution in [1.82, 2.24) is 4.90 Å². The van der Waals surface area contributed by atoms with Crippen molar-refractivity contribution in [1.29, 1.82) is 0 Å². The Morgan fingerprint density at radius 2 is 1.60 bits per heavy atom. The number of aliphatic imine (C=N–C) groups is 1. The number of likely N-dealkylation sites (N-methyl/N-ethyl adjacent to an activating group) is 1. The molecule has 6 nitrogen and oxygen atoms in total. The Labute approximate surface area is 184 Å². The molecule has 30 heavy (non-hydrogen) atoms. The molecule has 3 heterocycles. The van der Waals surface area contributed by atoms with Gasteiger partial charge in [-0.3, -0.25) is 0 Å². The molecule has 147 valence electrons. The van der Waals surface area contributed by atoms with Gasteiger partial charge in [0.1, 0.15) is 0 Å². The van der Waals surface area contributed by atoms with Crippen molar-refractivity contribution >= 4 is 66.3 Å². The van der Waals surface area contributed by atoms with E-state index in [1.165, 1.54) is 16.2 Å². The van der Waals surface area contributed by atoms with Gasteiger partial charge in [-0.2, -0.15) is 0 Å². The van der Waals surface area contributed by atoms with Gasteiger partial charge < -0.3 is 0 Å². The van der Waals surface area contributed by atoms with E-state index in [9.17, 15) is 9.59 Å². The predicted molar refractivity (Wildman–Crippen MR) is 118 cm³/mol. The molecule has 2 aliphatic rings. The van der Waals surface area contributed by atoms with Crippen LogP contribution in [0.1, 0.15) is 4.88 Å². The number of nitrogens with zero attached hydrogens (tertiary/aromatic N) is 3. The van der Waals surface area contributed by atoms with Crippen molar-refractivity contribution < 1.29 is 14.3 Å². The number of rotatable bonds is 2. The van der Waals surface area contributed by atoms with E-state index in [4.69, 9.17) is 4.74 Å². The molecule has 0 atom stereocenters. The molecule has 1 radical (unpaired) electrons. The third-order valence-electron chi connectivity index (χ3n) is 4.80. The Morgan fingerprint density at radius 3 is 2.27 bits per heavy atom. The Balaban J connectivity index is 1.57. The molecule has 0 fully saturated rings. The number of benzene rings is 2. The average molecular weight is 479 g/mol. The van der Waals surface area contributed by atoms with E-state index >= 15 is 0 Å². The van der Waals surface area contributed by atoms with Crippen molar-refractivity contribution in [3.8, 4) is 11.5 Å². The summed E-state index contributed by atoms with van der Waals surface area (Å²) in [6.45, 7) is 0. The Hall–Kier alpha value is -3.19. The summed E-state index contributed by atoms with van der Waals surface area (Å²) in [6, 6.07) is 19.5. The maximum atomic E-state index is 12.5. The number of hydrogen-bond acceptors (Lipinski definition) is 5. The van der Waals surface area contributed by atoms with Gasteiger partial charge in [-0.05, 0) is 0 Å². The van der Waals surface area contributed by atoms with E-state index in [-0.39, 0.29) is 16.2 Å². The number of para-hydroxylation sites is 4. The molecular formula is C22H14N3O3SSe. The van der Waals surface area contributed by atoms with Gasteiger partial charge in [-0.1, -0.05) is 12.1 Å². The van der Waals surface area contributed by atoms with Crippen molar-refractivity contribution in [3.63, 3.8) is 0 Å². The SMILES string of the molecule is CN1C(=O)/C(=C/c2ccc(N3c4ccccc4Oc4ccccc43)s2)C(=O)N=C1[Se]. The normalized spacial score (nSPS) is 16.8. The van der Waals surface area contributed by atoms with Gasteiger partial charge >= 0.3 is 173 Å². The Morgan fingerprint density at radius 1 is 0.967 bits per heavy atom. The van der Waals surface area contributed by atoms with Crippen LogP contribution in [0.15, 0.2) is 71.2 Å². The van der Waals surface area contributed by atoms with Gasteiger partial charge in [0.05, 0.1) is 0 Å². The van der Waals surface area contributed by atoms with Gasteiger partial charge in [0, 0.05) is 0 Å². The van der Waals surface area contributed by atoms with E-state index in [1.54, 1.807) is 13.1 Å². The summed E-state index contributed by atoms with van der Waals surface area (Å²) >= 11 is 4.11. The molecule has 2 amide bonds. The molecule has 0 aliphatic carbocycles. The third-order valence-corrected chi connectivity index (χ3v) is 6.58. The third kappa shape index (κ3) is 3.06. The fourth-order valence-electron chi connectivity index (χ4n) is 3.33. The zero-order valence-corrected chi connectivity index (χ0v) is 18.3. The van der Waals surface area contributed by atoms with Crippen LogP contribution in [0.5, 0.6) is 11.5 Å². The summed E-state index contributed by atoms with van der Waals surface area (Å²) in [5.74, 6) is 0.624. The van der Waals surface area contributed by atoms with Crippen molar-refractivity contribution in [2.75, 3.05) is 11.9 Å². The Bertz CT molecular complexity index is 1220. The Kier molecular flexibility index (Phi) is 4.55. The average Bonchev–Trinajstić information content (AvgIpc) is 3.21. The monoisotopic (exact) mass is 480 g/mol. The van der Waals surface area contributed by atoms with Crippen molar-refractivity contribution in [2.45, 2.75) is 0 Å². The van der Waals surface area contributed by atoms with Gasteiger partial charge in [0.2, 0.25) is 0 Å². The van der Waals surface area contributed by atoms with Gasteiger partial charge in [-0.15, -0.1) is 0 Å². The molecule has 1 aromatic heterocycles. The number of ether oxygens (including phenoxy) is 1.